The quantitative estimate of drug-likeness (QED) is 0.422. The third kappa shape index (κ3) is 4.57. The normalized spacial score (nSPS) is 10.8. The number of hydrogen-bond acceptors (Lipinski definition) is 5. The number of carboxylic acids is 1. The van der Waals surface area contributed by atoms with Gasteiger partial charge in [0.2, 0.25) is 0 Å². The van der Waals surface area contributed by atoms with E-state index in [9.17, 15) is 9.90 Å². The van der Waals surface area contributed by atoms with Crippen molar-refractivity contribution < 1.29 is 19.4 Å². The minimum Gasteiger partial charge on any atom is -0.545 e. The molecule has 0 fully saturated rings. The van der Waals surface area contributed by atoms with Gasteiger partial charge in [-0.2, -0.15) is 0 Å². The Labute approximate surface area is 187 Å². The molecule has 0 aliphatic carbocycles. The molecule has 162 valence electrons. The number of benzene rings is 3. The van der Waals surface area contributed by atoms with Crippen LogP contribution in [0.25, 0.3) is 22.2 Å². The number of aromatic nitrogens is 1. The van der Waals surface area contributed by atoms with Crippen LogP contribution < -0.4 is 14.6 Å². The van der Waals surface area contributed by atoms with Gasteiger partial charge >= 0.3 is 0 Å². The van der Waals surface area contributed by atoms with Gasteiger partial charge in [0.15, 0.2) is 11.5 Å². The van der Waals surface area contributed by atoms with Crippen molar-refractivity contribution in [2.24, 2.45) is 0 Å². The smallest absolute Gasteiger partial charge is 0.161 e. The van der Waals surface area contributed by atoms with Crippen LogP contribution >= 0.6 is 0 Å². The number of carbonyl (C=O) groups excluding carboxylic acids is 1. The largest absolute Gasteiger partial charge is 0.545 e. The molecule has 4 aromatic rings. The molecular weight excluding hydrogens is 402 g/mol. The fourth-order valence-corrected chi connectivity index (χ4v) is 3.56. The summed E-state index contributed by atoms with van der Waals surface area (Å²) in [6, 6.07) is 20.8. The van der Waals surface area contributed by atoms with Gasteiger partial charge < -0.3 is 19.4 Å². The van der Waals surface area contributed by atoms with Gasteiger partial charge in [-0.15, -0.1) is 0 Å². The molecule has 0 aliphatic rings. The number of aromatic carboxylic acids is 1. The van der Waals surface area contributed by atoms with E-state index in [4.69, 9.17) is 9.47 Å². The minimum atomic E-state index is -1.23. The summed E-state index contributed by atoms with van der Waals surface area (Å²) in [5.41, 5.74) is 5.21. The van der Waals surface area contributed by atoms with E-state index in [1.165, 1.54) is 5.56 Å². The molecule has 0 N–H and O–H groups in total. The summed E-state index contributed by atoms with van der Waals surface area (Å²) >= 11 is 0. The lowest BCUT2D eigenvalue weighted by Gasteiger charge is -2.15. The number of carboxylic acid groups (broad SMARTS) is 1. The lowest BCUT2D eigenvalue weighted by Crippen LogP contribution is -2.22. The number of aryl methyl sites for hydroxylation is 2. The first-order chi connectivity index (χ1) is 15.4. The van der Waals surface area contributed by atoms with E-state index in [1.54, 1.807) is 6.07 Å². The first kappa shape index (κ1) is 21.4. The van der Waals surface area contributed by atoms with E-state index in [0.29, 0.717) is 41.3 Å². The van der Waals surface area contributed by atoms with Crippen molar-refractivity contribution in [3.05, 3.63) is 89.0 Å². The van der Waals surface area contributed by atoms with Gasteiger partial charge in [-0.25, -0.2) is 4.98 Å². The maximum atomic E-state index is 11.8. The molecule has 0 amide bonds. The average Bonchev–Trinajstić information content (AvgIpc) is 2.78. The van der Waals surface area contributed by atoms with Crippen molar-refractivity contribution in [2.75, 3.05) is 6.61 Å². The fraction of sp³-hybridized carbons (Fsp3) is 0.185. The second kappa shape index (κ2) is 9.10. The zero-order valence-corrected chi connectivity index (χ0v) is 18.3. The Hall–Kier alpha value is -3.86. The third-order valence-electron chi connectivity index (χ3n) is 5.24. The molecule has 4 rings (SSSR count). The SMILES string of the molecule is CCOc1cc(-c2cc(C(=O)[O-])c3cc(C)ccc3n2)ccc1OCc1ccc(C)cc1. The molecule has 0 atom stereocenters. The molecule has 0 aliphatic heterocycles. The average molecular weight is 426 g/mol. The van der Waals surface area contributed by atoms with Crippen LogP contribution in [-0.2, 0) is 6.61 Å². The van der Waals surface area contributed by atoms with Gasteiger partial charge in [0.1, 0.15) is 6.61 Å². The zero-order chi connectivity index (χ0) is 22.7. The van der Waals surface area contributed by atoms with Crippen molar-refractivity contribution in [2.45, 2.75) is 27.4 Å². The predicted octanol–water partition coefficient (Wildman–Crippen LogP) is 4.86. The summed E-state index contributed by atoms with van der Waals surface area (Å²) in [4.78, 5) is 16.5. The Morgan fingerprint density at radius 3 is 2.34 bits per heavy atom. The Kier molecular flexibility index (Phi) is 6.08. The Morgan fingerprint density at radius 2 is 1.62 bits per heavy atom. The van der Waals surface area contributed by atoms with Crippen molar-refractivity contribution in [3.8, 4) is 22.8 Å². The number of hydrogen-bond donors (Lipinski definition) is 0. The number of fused-ring (bicyclic) bond motifs is 1. The Morgan fingerprint density at radius 1 is 0.875 bits per heavy atom. The highest BCUT2D eigenvalue weighted by atomic mass is 16.5. The van der Waals surface area contributed by atoms with Gasteiger partial charge in [-0.1, -0.05) is 41.5 Å². The van der Waals surface area contributed by atoms with Crippen LogP contribution in [-0.4, -0.2) is 17.6 Å². The summed E-state index contributed by atoms with van der Waals surface area (Å²) < 4.78 is 11.8. The van der Waals surface area contributed by atoms with Crippen LogP contribution in [0.4, 0.5) is 0 Å². The van der Waals surface area contributed by atoms with Crippen LogP contribution in [0.3, 0.4) is 0 Å². The van der Waals surface area contributed by atoms with Gasteiger partial charge in [-0.3, -0.25) is 0 Å². The van der Waals surface area contributed by atoms with E-state index in [2.05, 4.69) is 4.98 Å². The molecule has 0 unspecified atom stereocenters. The highest BCUT2D eigenvalue weighted by Crippen LogP contribution is 2.34. The third-order valence-corrected chi connectivity index (χ3v) is 5.24. The molecule has 32 heavy (non-hydrogen) atoms. The highest BCUT2D eigenvalue weighted by Gasteiger charge is 2.13. The number of pyridine rings is 1. The van der Waals surface area contributed by atoms with Crippen LogP contribution in [0.15, 0.2) is 66.7 Å². The lowest BCUT2D eigenvalue weighted by atomic mass is 10.0. The van der Waals surface area contributed by atoms with Crippen molar-refractivity contribution in [3.63, 3.8) is 0 Å². The van der Waals surface area contributed by atoms with Crippen LogP contribution in [0.1, 0.15) is 34.0 Å². The number of nitrogens with zero attached hydrogens (tertiary/aromatic N) is 1. The van der Waals surface area contributed by atoms with Gasteiger partial charge in [-0.05, 0) is 62.7 Å². The molecule has 0 saturated carbocycles. The van der Waals surface area contributed by atoms with Crippen molar-refractivity contribution in [1.29, 1.82) is 0 Å². The molecule has 1 aromatic heterocycles. The van der Waals surface area contributed by atoms with Crippen molar-refractivity contribution in [1.82, 2.24) is 4.98 Å². The molecule has 5 nitrogen and oxygen atoms in total. The van der Waals surface area contributed by atoms with E-state index >= 15 is 0 Å². The van der Waals surface area contributed by atoms with E-state index in [-0.39, 0.29) is 5.56 Å². The summed E-state index contributed by atoms with van der Waals surface area (Å²) in [6.45, 7) is 6.75. The van der Waals surface area contributed by atoms with E-state index in [0.717, 1.165) is 16.7 Å². The monoisotopic (exact) mass is 426 g/mol. The van der Waals surface area contributed by atoms with Crippen molar-refractivity contribution >= 4 is 16.9 Å². The van der Waals surface area contributed by atoms with Gasteiger partial charge in [0.25, 0.3) is 0 Å². The van der Waals surface area contributed by atoms with Gasteiger partial charge in [0.05, 0.1) is 23.8 Å². The zero-order valence-electron chi connectivity index (χ0n) is 18.3. The summed E-state index contributed by atoms with van der Waals surface area (Å²) in [6.07, 6.45) is 0. The Bertz CT molecular complexity index is 1280. The molecule has 0 bridgehead atoms. The summed E-state index contributed by atoms with van der Waals surface area (Å²) in [7, 11) is 0. The maximum Gasteiger partial charge on any atom is 0.161 e. The topological polar surface area (TPSA) is 71.5 Å². The number of rotatable bonds is 7. The molecule has 1 heterocycles. The van der Waals surface area contributed by atoms with E-state index in [1.807, 2.05) is 81.4 Å². The first-order valence-corrected chi connectivity index (χ1v) is 10.5. The molecule has 3 aromatic carbocycles. The number of ether oxygens (including phenoxy) is 2. The van der Waals surface area contributed by atoms with E-state index < -0.39 is 5.97 Å². The fourth-order valence-electron chi connectivity index (χ4n) is 3.56. The molecule has 0 radical (unpaired) electrons. The van der Waals surface area contributed by atoms with Gasteiger partial charge in [0, 0.05) is 16.5 Å². The molecule has 5 heteroatoms. The highest BCUT2D eigenvalue weighted by molar-refractivity contribution is 6.03. The second-order valence-electron chi connectivity index (χ2n) is 7.73. The summed E-state index contributed by atoms with van der Waals surface area (Å²) in [5, 5.41) is 12.4. The van der Waals surface area contributed by atoms with Crippen LogP contribution in [0.2, 0.25) is 0 Å². The minimum absolute atomic E-state index is 0.117. The summed E-state index contributed by atoms with van der Waals surface area (Å²) in [5.74, 6) is -0.0297. The maximum absolute atomic E-state index is 11.8. The molecule has 0 spiro atoms. The molecular formula is C27H24NO4-. The Balaban J connectivity index is 1.70. The molecule has 0 saturated heterocycles. The second-order valence-corrected chi connectivity index (χ2v) is 7.73. The number of carbonyl (C=O) groups is 1. The standard InChI is InChI=1S/C27H25NO4/c1-4-31-26-14-20(10-12-25(26)32-16-19-8-5-17(2)6-9-19)24-15-22(27(29)30)21-13-18(3)7-11-23(21)28-24/h5-15H,4,16H2,1-3H3,(H,29,30)/p-1. The first-order valence-electron chi connectivity index (χ1n) is 10.5. The van der Waals surface area contributed by atoms with Crippen LogP contribution in [0.5, 0.6) is 11.5 Å². The predicted molar refractivity (Wildman–Crippen MR) is 123 cm³/mol. The lowest BCUT2D eigenvalue weighted by molar-refractivity contribution is -0.254. The van der Waals surface area contributed by atoms with Crippen LogP contribution in [0, 0.1) is 13.8 Å².